The van der Waals surface area contributed by atoms with E-state index in [1.807, 2.05) is 0 Å². The van der Waals surface area contributed by atoms with Gasteiger partial charge in [0.15, 0.2) is 0 Å². The van der Waals surface area contributed by atoms with E-state index in [-0.39, 0.29) is 22.8 Å². The first-order chi connectivity index (χ1) is 31.3. The van der Waals surface area contributed by atoms with Crippen molar-refractivity contribution in [1.82, 2.24) is 0 Å². The number of ether oxygens (including phenoxy) is 1. The van der Waals surface area contributed by atoms with Crippen molar-refractivity contribution in [3.63, 3.8) is 0 Å². The van der Waals surface area contributed by atoms with Crippen LogP contribution in [0.3, 0.4) is 0 Å². The monoisotopic (exact) mass is 828 g/mol. The van der Waals surface area contributed by atoms with Gasteiger partial charge in [0.25, 0.3) is 0 Å². The first-order valence-electron chi connectivity index (χ1n) is 22.8. The molecular formula is C60H48N2O2. The Hall–Kier alpha value is -7.30. The third-order valence-electron chi connectivity index (χ3n) is 14.9. The van der Waals surface area contributed by atoms with Crippen LogP contribution in [0.25, 0.3) is 45.4 Å². The summed E-state index contributed by atoms with van der Waals surface area (Å²) < 4.78 is 12.8. The lowest BCUT2D eigenvalue weighted by molar-refractivity contribution is 0.423. The zero-order valence-corrected chi connectivity index (χ0v) is 36.6. The van der Waals surface area contributed by atoms with E-state index in [0.717, 1.165) is 46.4 Å². The molecule has 0 amide bonds. The highest BCUT2D eigenvalue weighted by Crippen LogP contribution is 2.63. The fraction of sp³-hybridized carbons (Fsp3) is 0.167. The van der Waals surface area contributed by atoms with Gasteiger partial charge in [0.05, 0.1) is 17.6 Å². The molecule has 1 aromatic heterocycles. The maximum atomic E-state index is 6.43. The maximum absolute atomic E-state index is 6.43. The molecule has 0 bridgehead atoms. The summed E-state index contributed by atoms with van der Waals surface area (Å²) in [5.41, 5.74) is 19.5. The molecule has 0 saturated carbocycles. The van der Waals surface area contributed by atoms with Crippen LogP contribution in [0.2, 0.25) is 0 Å². The van der Waals surface area contributed by atoms with Crippen LogP contribution in [0.5, 0.6) is 5.75 Å². The van der Waals surface area contributed by atoms with Gasteiger partial charge in [-0.05, 0) is 124 Å². The first kappa shape index (κ1) is 37.3. The second kappa shape index (κ2) is 13.6. The molecule has 8 aromatic rings. The molecular weight excluding hydrogens is 781 g/mol. The number of anilines is 4. The molecule has 64 heavy (non-hydrogen) atoms. The summed E-state index contributed by atoms with van der Waals surface area (Å²) >= 11 is 0. The molecule has 2 atom stereocenters. The Bertz CT molecular complexity index is 3440. The van der Waals surface area contributed by atoms with Crippen LogP contribution in [0.15, 0.2) is 186 Å². The highest BCUT2D eigenvalue weighted by atomic mass is 16.5. The van der Waals surface area contributed by atoms with E-state index < -0.39 is 0 Å². The van der Waals surface area contributed by atoms with Gasteiger partial charge in [0.1, 0.15) is 22.5 Å². The highest BCUT2D eigenvalue weighted by Gasteiger charge is 2.47. The van der Waals surface area contributed by atoms with Crippen molar-refractivity contribution in [2.75, 3.05) is 9.80 Å². The van der Waals surface area contributed by atoms with E-state index in [1.54, 1.807) is 0 Å². The summed E-state index contributed by atoms with van der Waals surface area (Å²) in [6, 6.07) is 58.0. The first-order valence-corrected chi connectivity index (χ1v) is 22.8. The molecule has 2 unspecified atom stereocenters. The molecule has 1 aliphatic heterocycles. The van der Waals surface area contributed by atoms with Gasteiger partial charge in [-0.15, -0.1) is 0 Å². The highest BCUT2D eigenvalue weighted by molar-refractivity contribution is 6.02. The topological polar surface area (TPSA) is 28.9 Å². The summed E-state index contributed by atoms with van der Waals surface area (Å²) in [6.45, 7) is 9.77. The predicted molar refractivity (Wildman–Crippen MR) is 262 cm³/mol. The van der Waals surface area contributed by atoms with Gasteiger partial charge < -0.3 is 19.0 Å². The molecule has 0 spiro atoms. The van der Waals surface area contributed by atoms with Crippen LogP contribution in [-0.2, 0) is 10.8 Å². The summed E-state index contributed by atoms with van der Waals surface area (Å²) in [6.07, 6.45) is 10.9. The van der Waals surface area contributed by atoms with Gasteiger partial charge >= 0.3 is 0 Å². The largest absolute Gasteiger partial charge is 0.461 e. The summed E-state index contributed by atoms with van der Waals surface area (Å²) in [7, 11) is 0. The van der Waals surface area contributed by atoms with E-state index >= 15 is 0 Å². The average Bonchev–Trinajstić information content (AvgIpc) is 4.02. The summed E-state index contributed by atoms with van der Waals surface area (Å²) in [5.74, 6) is 2.17. The molecule has 4 heteroatoms. The van der Waals surface area contributed by atoms with Crippen molar-refractivity contribution in [2.45, 2.75) is 63.3 Å². The smallest absolute Gasteiger partial charge is 0.135 e. The molecule has 0 saturated heterocycles. The molecule has 2 heterocycles. The van der Waals surface area contributed by atoms with Gasteiger partial charge in [-0.3, -0.25) is 0 Å². The molecule has 0 N–H and O–H groups in total. The van der Waals surface area contributed by atoms with Crippen molar-refractivity contribution in [1.29, 1.82) is 0 Å². The molecule has 13 rings (SSSR count). The van der Waals surface area contributed by atoms with Gasteiger partial charge in [0.2, 0.25) is 0 Å². The number of para-hydroxylation sites is 4. The number of benzene rings is 7. The van der Waals surface area contributed by atoms with Crippen molar-refractivity contribution >= 4 is 45.9 Å². The molecule has 4 nitrogen and oxygen atoms in total. The number of hydrogen-bond donors (Lipinski definition) is 0. The Balaban J connectivity index is 1.01. The number of fused-ring (bicyclic) bond motifs is 13. The van der Waals surface area contributed by atoms with Gasteiger partial charge in [-0.25, -0.2) is 0 Å². The molecule has 0 fully saturated rings. The number of allylic oxidation sites excluding steroid dienone is 4. The Labute approximate surface area is 374 Å². The second-order valence-electron chi connectivity index (χ2n) is 19.1. The van der Waals surface area contributed by atoms with Crippen LogP contribution >= 0.6 is 0 Å². The zero-order chi connectivity index (χ0) is 42.9. The van der Waals surface area contributed by atoms with Gasteiger partial charge in [0, 0.05) is 61.7 Å². The standard InChI is InChI=1S/C60H48N2O2/c1-59(2)49-35-41(61(37-17-7-5-8-18-37)39-28-31-54-46(33-39)42-21-12-15-25-52(42)63-54)27-30-45(49)56-50(59)36-51(57-44-23-11-14-24-48(44)60(3,4)58(56)57)62(38-19-9-6-10-20-38)40-29-32-55-47(34-40)43-22-13-16-26-53(43)64-55/h5-27,29-33,35-36,39,47H,28,34H2,1-4H3. The quantitative estimate of drug-likeness (QED) is 0.167. The summed E-state index contributed by atoms with van der Waals surface area (Å²) in [4.78, 5) is 5.10. The van der Waals surface area contributed by atoms with E-state index in [4.69, 9.17) is 9.15 Å². The lowest BCUT2D eigenvalue weighted by Gasteiger charge is -2.35. The normalized spacial score (nSPS) is 18.7. The van der Waals surface area contributed by atoms with Crippen LogP contribution in [0.4, 0.5) is 22.7 Å². The van der Waals surface area contributed by atoms with Crippen LogP contribution < -0.4 is 25.2 Å². The second-order valence-corrected chi connectivity index (χ2v) is 19.1. The minimum absolute atomic E-state index is 0.0973. The third kappa shape index (κ3) is 5.29. The third-order valence-corrected chi connectivity index (χ3v) is 14.9. The molecule has 0 radical (unpaired) electrons. The van der Waals surface area contributed by atoms with Crippen molar-refractivity contribution in [3.05, 3.63) is 220 Å². The van der Waals surface area contributed by atoms with Crippen LogP contribution in [-0.4, -0.2) is 6.04 Å². The number of hydrogen-bond acceptors (Lipinski definition) is 4. The maximum Gasteiger partial charge on any atom is 0.135 e. The predicted octanol–water partition coefficient (Wildman–Crippen LogP) is 13.7. The Morgan fingerprint density at radius 1 is 0.594 bits per heavy atom. The van der Waals surface area contributed by atoms with E-state index in [0.29, 0.717) is 0 Å². The van der Waals surface area contributed by atoms with Crippen LogP contribution in [0.1, 0.15) is 74.3 Å². The van der Waals surface area contributed by atoms with E-state index in [9.17, 15) is 0 Å². The van der Waals surface area contributed by atoms with Crippen molar-refractivity contribution in [3.8, 4) is 28.0 Å². The SMILES string of the molecule is CC1(C)c2cc(N(c3ccccc3)C3C=c4c(oc5ccccc45)=CC3)ccc2-c2c1cc(N(C1=CC=C3Oc4ccccc4C3C1)c1ccccc1)c1c2C(C)(C)c2ccccc2-1. The molecule has 310 valence electrons. The van der Waals surface area contributed by atoms with Gasteiger partial charge in [-0.2, -0.15) is 0 Å². The Morgan fingerprint density at radius 3 is 2.16 bits per heavy atom. The van der Waals surface area contributed by atoms with E-state index in [1.165, 1.54) is 78.0 Å². The van der Waals surface area contributed by atoms with E-state index in [2.05, 4.69) is 220 Å². The average molecular weight is 829 g/mol. The van der Waals surface area contributed by atoms with Gasteiger partial charge in [-0.1, -0.05) is 131 Å². The lowest BCUT2D eigenvalue weighted by Crippen LogP contribution is -2.36. The summed E-state index contributed by atoms with van der Waals surface area (Å²) in [5, 5.41) is 2.34. The molecule has 5 aliphatic rings. The number of nitrogens with zero attached hydrogens (tertiary/aromatic N) is 2. The zero-order valence-electron chi connectivity index (χ0n) is 36.6. The van der Waals surface area contributed by atoms with Crippen LogP contribution in [0, 0.1) is 0 Å². The molecule has 7 aromatic carbocycles. The number of rotatable bonds is 6. The van der Waals surface area contributed by atoms with Crippen molar-refractivity contribution in [2.24, 2.45) is 0 Å². The Morgan fingerprint density at radius 2 is 1.31 bits per heavy atom. The minimum atomic E-state index is -0.303. The Kier molecular flexibility index (Phi) is 7.92. The fourth-order valence-electron chi connectivity index (χ4n) is 11.9. The fourth-order valence-corrected chi connectivity index (χ4v) is 11.9. The molecule has 4 aliphatic carbocycles. The minimum Gasteiger partial charge on any atom is -0.461 e. The van der Waals surface area contributed by atoms with Crippen molar-refractivity contribution < 1.29 is 9.15 Å². The lowest BCUT2D eigenvalue weighted by atomic mass is 9.76. The number of furan rings is 1.